The van der Waals surface area contributed by atoms with Gasteiger partial charge in [0.05, 0.1) is 0 Å². The van der Waals surface area contributed by atoms with E-state index in [0.717, 1.165) is 24.7 Å². The maximum Gasteiger partial charge on any atom is 0.133 e. The number of hydrogen-bond acceptors (Lipinski definition) is 1. The highest BCUT2D eigenvalue weighted by Gasteiger charge is 2.48. The van der Waals surface area contributed by atoms with Crippen molar-refractivity contribution in [1.29, 1.82) is 0 Å². The van der Waals surface area contributed by atoms with Crippen LogP contribution in [0.5, 0.6) is 0 Å². The van der Waals surface area contributed by atoms with E-state index in [2.05, 4.69) is 27.7 Å². The van der Waals surface area contributed by atoms with Crippen molar-refractivity contribution in [2.24, 2.45) is 29.1 Å². The molecule has 1 nitrogen and oxygen atoms in total. The first-order valence-electron chi connectivity index (χ1n) is 6.95. The summed E-state index contributed by atoms with van der Waals surface area (Å²) in [5, 5.41) is 0. The Hall–Kier alpha value is -0.330. The van der Waals surface area contributed by atoms with E-state index in [4.69, 9.17) is 0 Å². The van der Waals surface area contributed by atoms with Crippen molar-refractivity contribution >= 4 is 5.78 Å². The van der Waals surface area contributed by atoms with Crippen LogP contribution in [0.2, 0.25) is 0 Å². The van der Waals surface area contributed by atoms with Crippen molar-refractivity contribution < 1.29 is 4.79 Å². The van der Waals surface area contributed by atoms with E-state index in [9.17, 15) is 4.79 Å². The van der Waals surface area contributed by atoms with Crippen molar-refractivity contribution in [1.82, 2.24) is 0 Å². The van der Waals surface area contributed by atoms with Gasteiger partial charge in [-0.3, -0.25) is 4.79 Å². The standard InChI is InChI=1S/C15H26O/c1-10(2)12-5-6-13-8-14(16)7-11(3)15(13,4)9-12/h10-13H,5-9H2,1-4H3/t11-,12?,13?,15?/m1/s1. The molecule has 4 atom stereocenters. The van der Waals surface area contributed by atoms with E-state index in [0.29, 0.717) is 23.0 Å². The van der Waals surface area contributed by atoms with Gasteiger partial charge in [0, 0.05) is 12.8 Å². The zero-order valence-electron chi connectivity index (χ0n) is 11.3. The largest absolute Gasteiger partial charge is 0.300 e. The van der Waals surface area contributed by atoms with Crippen LogP contribution in [0.25, 0.3) is 0 Å². The second-order valence-corrected chi connectivity index (χ2v) is 6.84. The maximum absolute atomic E-state index is 11.7. The second-order valence-electron chi connectivity index (χ2n) is 6.84. The van der Waals surface area contributed by atoms with Gasteiger partial charge >= 0.3 is 0 Å². The first-order chi connectivity index (χ1) is 7.43. The third kappa shape index (κ3) is 1.94. The Morgan fingerprint density at radius 2 is 1.94 bits per heavy atom. The number of fused-ring (bicyclic) bond motifs is 1. The van der Waals surface area contributed by atoms with Gasteiger partial charge in [0.2, 0.25) is 0 Å². The van der Waals surface area contributed by atoms with Crippen LogP contribution in [-0.2, 0) is 4.79 Å². The Kier molecular flexibility index (Phi) is 3.16. The van der Waals surface area contributed by atoms with Gasteiger partial charge in [-0.1, -0.05) is 27.7 Å². The predicted octanol–water partition coefficient (Wildman–Crippen LogP) is 4.06. The van der Waals surface area contributed by atoms with Crippen molar-refractivity contribution in [3.05, 3.63) is 0 Å². The van der Waals surface area contributed by atoms with Crippen molar-refractivity contribution in [2.75, 3.05) is 0 Å². The third-order valence-corrected chi connectivity index (χ3v) is 5.60. The Bertz CT molecular complexity index is 281. The first-order valence-corrected chi connectivity index (χ1v) is 6.95. The highest BCUT2D eigenvalue weighted by molar-refractivity contribution is 5.80. The van der Waals surface area contributed by atoms with Gasteiger partial charge in [-0.15, -0.1) is 0 Å². The lowest BCUT2D eigenvalue weighted by atomic mass is 9.53. The van der Waals surface area contributed by atoms with Crippen LogP contribution in [0.3, 0.4) is 0 Å². The van der Waals surface area contributed by atoms with Gasteiger partial charge in [0.1, 0.15) is 5.78 Å². The van der Waals surface area contributed by atoms with E-state index in [1.165, 1.54) is 19.3 Å². The summed E-state index contributed by atoms with van der Waals surface area (Å²) in [6.07, 6.45) is 5.68. The zero-order chi connectivity index (χ0) is 11.9. The van der Waals surface area contributed by atoms with Crippen LogP contribution < -0.4 is 0 Å². The molecule has 0 aliphatic heterocycles. The average Bonchev–Trinajstić information content (AvgIpc) is 2.19. The third-order valence-electron chi connectivity index (χ3n) is 5.60. The fourth-order valence-electron chi connectivity index (χ4n) is 4.02. The Labute approximate surface area is 100.0 Å². The number of ketones is 1. The van der Waals surface area contributed by atoms with E-state index in [-0.39, 0.29) is 0 Å². The number of hydrogen-bond donors (Lipinski definition) is 0. The Morgan fingerprint density at radius 3 is 2.56 bits per heavy atom. The number of carbonyl (C=O) groups excluding carboxylic acids is 1. The van der Waals surface area contributed by atoms with E-state index in [1.54, 1.807) is 0 Å². The van der Waals surface area contributed by atoms with Crippen LogP contribution in [0.1, 0.15) is 59.8 Å². The molecule has 0 radical (unpaired) electrons. The quantitative estimate of drug-likeness (QED) is 0.654. The average molecular weight is 222 g/mol. The molecule has 1 heteroatoms. The number of carbonyl (C=O) groups is 1. The molecule has 0 heterocycles. The molecule has 0 aromatic heterocycles. The second kappa shape index (κ2) is 4.16. The minimum atomic E-state index is 0.446. The Morgan fingerprint density at radius 1 is 1.25 bits per heavy atom. The van der Waals surface area contributed by atoms with Crippen LogP contribution >= 0.6 is 0 Å². The molecule has 0 bridgehead atoms. The van der Waals surface area contributed by atoms with Gasteiger partial charge in [0.15, 0.2) is 0 Å². The Balaban J connectivity index is 2.16. The molecule has 0 N–H and O–H groups in total. The molecule has 0 amide bonds. The molecule has 0 aromatic carbocycles. The summed E-state index contributed by atoms with van der Waals surface area (Å²) in [4.78, 5) is 11.7. The number of rotatable bonds is 1. The lowest BCUT2D eigenvalue weighted by Gasteiger charge is -2.52. The van der Waals surface area contributed by atoms with Crippen LogP contribution in [0.4, 0.5) is 0 Å². The fourth-order valence-corrected chi connectivity index (χ4v) is 4.02. The van der Waals surface area contributed by atoms with Gasteiger partial charge < -0.3 is 0 Å². The summed E-state index contributed by atoms with van der Waals surface area (Å²) in [5.74, 6) is 3.48. The van der Waals surface area contributed by atoms with E-state index >= 15 is 0 Å². The van der Waals surface area contributed by atoms with E-state index in [1.807, 2.05) is 0 Å². The maximum atomic E-state index is 11.7. The lowest BCUT2D eigenvalue weighted by Crippen LogP contribution is -2.45. The molecule has 92 valence electrons. The molecule has 0 spiro atoms. The first kappa shape index (κ1) is 12.1. The van der Waals surface area contributed by atoms with Gasteiger partial charge in [-0.2, -0.15) is 0 Å². The van der Waals surface area contributed by atoms with Crippen LogP contribution in [0.15, 0.2) is 0 Å². The number of Topliss-reactive ketones (excluding diaryl/α,β-unsaturated/α-hetero) is 1. The predicted molar refractivity (Wildman–Crippen MR) is 67.2 cm³/mol. The smallest absolute Gasteiger partial charge is 0.133 e. The van der Waals surface area contributed by atoms with Crippen molar-refractivity contribution in [3.63, 3.8) is 0 Å². The summed E-state index contributed by atoms with van der Waals surface area (Å²) < 4.78 is 0. The molecule has 2 fully saturated rings. The van der Waals surface area contributed by atoms with E-state index < -0.39 is 0 Å². The SMILES string of the molecule is CC(C)C1CCC2CC(=O)C[C@@H](C)C2(C)C1. The lowest BCUT2D eigenvalue weighted by molar-refractivity contribution is -0.131. The van der Waals surface area contributed by atoms with Crippen LogP contribution in [-0.4, -0.2) is 5.78 Å². The molecule has 16 heavy (non-hydrogen) atoms. The molecular formula is C15H26O. The van der Waals surface area contributed by atoms with Gasteiger partial charge in [-0.05, 0) is 48.3 Å². The van der Waals surface area contributed by atoms with Gasteiger partial charge in [-0.25, -0.2) is 0 Å². The molecule has 2 saturated carbocycles. The normalized spacial score (nSPS) is 44.6. The summed E-state index contributed by atoms with van der Waals surface area (Å²) >= 11 is 0. The molecular weight excluding hydrogens is 196 g/mol. The molecule has 3 unspecified atom stereocenters. The van der Waals surface area contributed by atoms with Crippen molar-refractivity contribution in [3.8, 4) is 0 Å². The topological polar surface area (TPSA) is 17.1 Å². The molecule has 0 saturated heterocycles. The summed E-state index contributed by atoms with van der Waals surface area (Å²) in [6.45, 7) is 9.45. The van der Waals surface area contributed by atoms with Gasteiger partial charge in [0.25, 0.3) is 0 Å². The molecule has 2 rings (SSSR count). The molecule has 2 aliphatic rings. The molecule has 0 aromatic rings. The highest BCUT2D eigenvalue weighted by Crippen LogP contribution is 2.54. The summed E-state index contributed by atoms with van der Waals surface area (Å²) in [5.41, 5.74) is 0.446. The van der Waals surface area contributed by atoms with Crippen LogP contribution in [0, 0.1) is 29.1 Å². The summed E-state index contributed by atoms with van der Waals surface area (Å²) in [6, 6.07) is 0. The summed E-state index contributed by atoms with van der Waals surface area (Å²) in [7, 11) is 0. The van der Waals surface area contributed by atoms with Crippen molar-refractivity contribution in [2.45, 2.75) is 59.8 Å². The molecule has 2 aliphatic carbocycles. The monoisotopic (exact) mass is 222 g/mol. The minimum Gasteiger partial charge on any atom is -0.300 e. The fraction of sp³-hybridized carbons (Fsp3) is 0.933. The minimum absolute atomic E-state index is 0.446. The highest BCUT2D eigenvalue weighted by atomic mass is 16.1. The zero-order valence-corrected chi connectivity index (χ0v) is 11.3.